The van der Waals surface area contributed by atoms with Gasteiger partial charge in [-0.1, -0.05) is 0 Å². The summed E-state index contributed by atoms with van der Waals surface area (Å²) in [6, 6.07) is 0. The van der Waals surface area contributed by atoms with Gasteiger partial charge in [0, 0.05) is 20.1 Å². The van der Waals surface area contributed by atoms with E-state index in [9.17, 15) is 5.11 Å². The van der Waals surface area contributed by atoms with Gasteiger partial charge < -0.3 is 20.6 Å². The van der Waals surface area contributed by atoms with Crippen molar-refractivity contribution in [3.8, 4) is 0 Å². The van der Waals surface area contributed by atoms with E-state index in [1.165, 1.54) is 0 Å². The molecule has 0 spiro atoms. The van der Waals surface area contributed by atoms with Crippen molar-refractivity contribution in [1.29, 1.82) is 0 Å². The molecule has 0 aliphatic rings. The molecule has 0 aliphatic heterocycles. The van der Waals surface area contributed by atoms with Crippen molar-refractivity contribution in [2.24, 2.45) is 0 Å². The summed E-state index contributed by atoms with van der Waals surface area (Å²) < 4.78 is 0. The number of nitrogens with one attached hydrogen (secondary N) is 2. The molecule has 0 saturated carbocycles. The molecule has 3 N–H and O–H groups in total. The number of aliphatic hydroxyl groups is 1. The molecule has 1 heterocycles. The molecule has 0 unspecified atom stereocenters. The van der Waals surface area contributed by atoms with E-state index in [1.54, 1.807) is 7.05 Å². The highest BCUT2D eigenvalue weighted by Gasteiger charge is 2.19. The SMILES string of the molecule is CCN(CC)c1nc(NC)nc(NC(C)(C)CO)n1. The molecule has 0 bridgehead atoms. The molecule has 1 aromatic heterocycles. The summed E-state index contributed by atoms with van der Waals surface area (Å²) in [6.45, 7) is 9.52. The van der Waals surface area contributed by atoms with Crippen molar-refractivity contribution in [2.75, 3.05) is 42.3 Å². The normalized spacial score (nSPS) is 11.3. The first kappa shape index (κ1) is 15.4. The average Bonchev–Trinajstić information content (AvgIpc) is 2.39. The third-order valence-corrected chi connectivity index (χ3v) is 2.74. The minimum Gasteiger partial charge on any atom is -0.394 e. The van der Waals surface area contributed by atoms with Crippen LogP contribution in [-0.2, 0) is 0 Å². The summed E-state index contributed by atoms with van der Waals surface area (Å²) in [5.74, 6) is 1.59. The van der Waals surface area contributed by atoms with Crippen LogP contribution >= 0.6 is 0 Å². The largest absolute Gasteiger partial charge is 0.394 e. The van der Waals surface area contributed by atoms with Crippen LogP contribution in [0.4, 0.5) is 17.8 Å². The molecule has 19 heavy (non-hydrogen) atoms. The van der Waals surface area contributed by atoms with E-state index in [1.807, 2.05) is 18.7 Å². The Kier molecular flexibility index (Phi) is 5.29. The molecule has 1 aromatic rings. The van der Waals surface area contributed by atoms with E-state index in [2.05, 4.69) is 39.4 Å². The van der Waals surface area contributed by atoms with Crippen LogP contribution in [0, 0.1) is 0 Å². The Labute approximate surface area is 114 Å². The fourth-order valence-corrected chi connectivity index (χ4v) is 1.52. The molecular weight excluding hydrogens is 244 g/mol. The third kappa shape index (κ3) is 4.20. The first-order valence-corrected chi connectivity index (χ1v) is 6.53. The molecule has 0 aliphatic carbocycles. The molecule has 0 amide bonds. The summed E-state index contributed by atoms with van der Waals surface area (Å²) in [7, 11) is 1.77. The fourth-order valence-electron chi connectivity index (χ4n) is 1.52. The van der Waals surface area contributed by atoms with Crippen molar-refractivity contribution in [3.05, 3.63) is 0 Å². The zero-order valence-corrected chi connectivity index (χ0v) is 12.4. The van der Waals surface area contributed by atoms with E-state index in [0.717, 1.165) is 13.1 Å². The quantitative estimate of drug-likeness (QED) is 0.678. The summed E-state index contributed by atoms with van der Waals surface area (Å²) in [5, 5.41) is 15.3. The van der Waals surface area contributed by atoms with Gasteiger partial charge in [-0.15, -0.1) is 0 Å². The van der Waals surface area contributed by atoms with Crippen molar-refractivity contribution in [3.63, 3.8) is 0 Å². The van der Waals surface area contributed by atoms with Crippen LogP contribution in [0.2, 0.25) is 0 Å². The van der Waals surface area contributed by atoms with Gasteiger partial charge >= 0.3 is 0 Å². The van der Waals surface area contributed by atoms with E-state index >= 15 is 0 Å². The van der Waals surface area contributed by atoms with Crippen LogP contribution in [-0.4, -0.2) is 52.3 Å². The summed E-state index contributed by atoms with van der Waals surface area (Å²) in [4.78, 5) is 15.0. The minimum absolute atomic E-state index is 0.00578. The number of aliphatic hydroxyl groups excluding tert-OH is 1. The van der Waals surface area contributed by atoms with Crippen molar-refractivity contribution in [1.82, 2.24) is 15.0 Å². The average molecular weight is 268 g/mol. The second-order valence-corrected chi connectivity index (χ2v) is 4.87. The second-order valence-electron chi connectivity index (χ2n) is 4.87. The number of aromatic nitrogens is 3. The van der Waals surface area contributed by atoms with E-state index < -0.39 is 5.54 Å². The predicted octanol–water partition coefficient (Wildman–Crippen LogP) is 0.942. The van der Waals surface area contributed by atoms with E-state index in [-0.39, 0.29) is 6.61 Å². The van der Waals surface area contributed by atoms with Gasteiger partial charge in [-0.2, -0.15) is 15.0 Å². The third-order valence-electron chi connectivity index (χ3n) is 2.74. The van der Waals surface area contributed by atoms with Gasteiger partial charge in [0.2, 0.25) is 17.8 Å². The zero-order chi connectivity index (χ0) is 14.5. The lowest BCUT2D eigenvalue weighted by atomic mass is 10.1. The first-order valence-electron chi connectivity index (χ1n) is 6.53. The van der Waals surface area contributed by atoms with Gasteiger partial charge in [-0.05, 0) is 27.7 Å². The van der Waals surface area contributed by atoms with Gasteiger partial charge in [0.25, 0.3) is 0 Å². The maximum Gasteiger partial charge on any atom is 0.231 e. The Morgan fingerprint density at radius 2 is 1.68 bits per heavy atom. The lowest BCUT2D eigenvalue weighted by Crippen LogP contribution is -2.36. The second kappa shape index (κ2) is 6.51. The van der Waals surface area contributed by atoms with Gasteiger partial charge in [0.05, 0.1) is 12.1 Å². The Morgan fingerprint density at radius 3 is 2.16 bits per heavy atom. The Bertz CT molecular complexity index is 405. The molecule has 0 saturated heterocycles. The topological polar surface area (TPSA) is 86.2 Å². The molecule has 7 heteroatoms. The van der Waals surface area contributed by atoms with Gasteiger partial charge in [-0.3, -0.25) is 0 Å². The molecule has 0 radical (unpaired) electrons. The highest BCUT2D eigenvalue weighted by Crippen LogP contribution is 2.16. The highest BCUT2D eigenvalue weighted by molar-refractivity contribution is 5.44. The monoisotopic (exact) mass is 268 g/mol. The molecule has 0 aromatic carbocycles. The maximum atomic E-state index is 9.29. The van der Waals surface area contributed by atoms with E-state index in [4.69, 9.17) is 0 Å². The van der Waals surface area contributed by atoms with Crippen LogP contribution in [0.25, 0.3) is 0 Å². The Balaban J connectivity index is 3.08. The van der Waals surface area contributed by atoms with Crippen LogP contribution in [0.15, 0.2) is 0 Å². The molecule has 0 fully saturated rings. The van der Waals surface area contributed by atoms with Crippen LogP contribution < -0.4 is 15.5 Å². The molecule has 0 atom stereocenters. The van der Waals surface area contributed by atoms with Crippen molar-refractivity contribution >= 4 is 17.8 Å². The minimum atomic E-state index is -0.479. The molecule has 108 valence electrons. The smallest absolute Gasteiger partial charge is 0.231 e. The number of hydrogen-bond acceptors (Lipinski definition) is 7. The standard InChI is InChI=1S/C12H24N6O/c1-6-18(7-2)11-15-9(13-5)14-10(16-11)17-12(3,4)8-19/h19H,6-8H2,1-5H3,(H2,13,14,15,16,17). The fraction of sp³-hybridized carbons (Fsp3) is 0.750. The van der Waals surface area contributed by atoms with Crippen LogP contribution in [0.3, 0.4) is 0 Å². The van der Waals surface area contributed by atoms with Crippen LogP contribution in [0.1, 0.15) is 27.7 Å². The Morgan fingerprint density at radius 1 is 1.11 bits per heavy atom. The predicted molar refractivity (Wildman–Crippen MR) is 77.7 cm³/mol. The van der Waals surface area contributed by atoms with Gasteiger partial charge in [-0.25, -0.2) is 0 Å². The summed E-state index contributed by atoms with van der Waals surface area (Å²) >= 11 is 0. The Hall–Kier alpha value is -1.63. The van der Waals surface area contributed by atoms with Crippen molar-refractivity contribution < 1.29 is 5.11 Å². The maximum absolute atomic E-state index is 9.29. The summed E-state index contributed by atoms with van der Waals surface area (Å²) in [5.41, 5.74) is -0.479. The molecular formula is C12H24N6O. The van der Waals surface area contributed by atoms with E-state index in [0.29, 0.717) is 17.8 Å². The zero-order valence-electron chi connectivity index (χ0n) is 12.4. The number of rotatable bonds is 7. The number of nitrogens with zero attached hydrogens (tertiary/aromatic N) is 4. The molecule has 7 nitrogen and oxygen atoms in total. The summed E-state index contributed by atoms with van der Waals surface area (Å²) in [6.07, 6.45) is 0. The lowest BCUT2D eigenvalue weighted by molar-refractivity contribution is 0.233. The van der Waals surface area contributed by atoms with Gasteiger partial charge in [0.1, 0.15) is 0 Å². The van der Waals surface area contributed by atoms with Crippen LogP contribution in [0.5, 0.6) is 0 Å². The van der Waals surface area contributed by atoms with Crippen molar-refractivity contribution in [2.45, 2.75) is 33.2 Å². The first-order chi connectivity index (χ1) is 8.95. The lowest BCUT2D eigenvalue weighted by Gasteiger charge is -2.25. The molecule has 1 rings (SSSR count). The number of anilines is 3. The van der Waals surface area contributed by atoms with Gasteiger partial charge in [0.15, 0.2) is 0 Å². The highest BCUT2D eigenvalue weighted by atomic mass is 16.3. The number of hydrogen-bond donors (Lipinski definition) is 3.